The molecule has 4 aromatic rings. The maximum absolute atomic E-state index is 13.9. The second-order valence-electron chi connectivity index (χ2n) is 10.1. The fourth-order valence-corrected chi connectivity index (χ4v) is 4.97. The van der Waals surface area contributed by atoms with E-state index in [2.05, 4.69) is 30.6 Å². The minimum Gasteiger partial charge on any atom is -0.366 e. The highest BCUT2D eigenvalue weighted by Crippen LogP contribution is 2.36. The number of aryl methyl sites for hydroxylation is 1. The molecule has 0 spiro atoms. The van der Waals surface area contributed by atoms with Crippen molar-refractivity contribution in [3.05, 3.63) is 83.4 Å². The predicted molar refractivity (Wildman–Crippen MR) is 149 cm³/mol. The fraction of sp³-hybridized carbons (Fsp3) is 0.276. The van der Waals surface area contributed by atoms with Crippen LogP contribution in [0, 0.1) is 5.41 Å². The summed E-state index contributed by atoms with van der Waals surface area (Å²) in [6, 6.07) is 15.2. The molecule has 210 valence electrons. The van der Waals surface area contributed by atoms with Crippen LogP contribution in [0.1, 0.15) is 63.1 Å². The number of H-pyrrole nitrogens is 1. The number of nitrogens with zero attached hydrogens (tertiary/aromatic N) is 3. The van der Waals surface area contributed by atoms with Crippen molar-refractivity contribution in [1.82, 2.24) is 25.3 Å². The van der Waals surface area contributed by atoms with Gasteiger partial charge in [-0.1, -0.05) is 43.3 Å². The summed E-state index contributed by atoms with van der Waals surface area (Å²) in [7, 11) is 0. The zero-order chi connectivity index (χ0) is 29.0. The second-order valence-corrected chi connectivity index (χ2v) is 10.1. The number of aromatic amines is 1. The van der Waals surface area contributed by atoms with Crippen LogP contribution in [0.2, 0.25) is 0 Å². The zero-order valence-electron chi connectivity index (χ0n) is 22.3. The number of benzene rings is 2. The molecule has 0 aliphatic carbocycles. The Hall–Kier alpha value is -4.97. The first-order valence-electron chi connectivity index (χ1n) is 13.1. The first-order valence-corrected chi connectivity index (χ1v) is 13.1. The van der Waals surface area contributed by atoms with Crippen molar-refractivity contribution in [3.63, 3.8) is 0 Å². The van der Waals surface area contributed by atoms with Crippen molar-refractivity contribution >= 4 is 40.5 Å². The number of imidazole rings is 1. The molecule has 2 unspecified atom stereocenters. The molecule has 5 rings (SSSR count). The van der Waals surface area contributed by atoms with Crippen LogP contribution in [-0.2, 0) is 16.0 Å². The minimum atomic E-state index is -1.02. The maximum atomic E-state index is 13.9. The van der Waals surface area contributed by atoms with Crippen molar-refractivity contribution in [2.75, 3.05) is 11.9 Å². The standard InChI is InChI=1S/C29H29N7O5/c1-29(14-22-35-21(37)15-41-22,24(38)18-10-5-6-11-19(18)25(30)39)13-7-12-20-33-26-23(31-16-32-26)27(34-20)36-28(40)17-8-3-2-4-9-17/h2-6,8-11,16,22H,7,12-15H2,1H3,(H2,30,39)(H,35,37)(H2,31,32,33,34,36,40). The topological polar surface area (TPSA) is 182 Å². The number of carbonyl (C=O) groups is 4. The quantitative estimate of drug-likeness (QED) is 0.204. The van der Waals surface area contributed by atoms with Gasteiger partial charge in [0, 0.05) is 34.9 Å². The number of primary amides is 1. The molecule has 0 bridgehead atoms. The van der Waals surface area contributed by atoms with E-state index in [4.69, 9.17) is 10.5 Å². The molecule has 0 radical (unpaired) electrons. The Balaban J connectivity index is 1.37. The summed E-state index contributed by atoms with van der Waals surface area (Å²) in [5.74, 6) is -0.828. The van der Waals surface area contributed by atoms with Gasteiger partial charge < -0.3 is 26.1 Å². The molecule has 12 nitrogen and oxygen atoms in total. The number of amides is 3. The van der Waals surface area contributed by atoms with Gasteiger partial charge in [-0.2, -0.15) is 0 Å². The summed E-state index contributed by atoms with van der Waals surface area (Å²) in [5, 5.41) is 5.56. The monoisotopic (exact) mass is 555 g/mol. The summed E-state index contributed by atoms with van der Waals surface area (Å²) in [4.78, 5) is 66.8. The molecule has 1 aliphatic rings. The number of aromatic nitrogens is 4. The summed E-state index contributed by atoms with van der Waals surface area (Å²) in [6.07, 6.45) is 2.24. The van der Waals surface area contributed by atoms with Gasteiger partial charge in [0.2, 0.25) is 11.8 Å². The van der Waals surface area contributed by atoms with E-state index in [1.54, 1.807) is 49.4 Å². The summed E-state index contributed by atoms with van der Waals surface area (Å²) in [5.41, 5.74) is 6.25. The molecule has 41 heavy (non-hydrogen) atoms. The van der Waals surface area contributed by atoms with E-state index < -0.39 is 17.6 Å². The van der Waals surface area contributed by atoms with Crippen LogP contribution in [0.15, 0.2) is 60.9 Å². The first kappa shape index (κ1) is 27.6. The molecule has 12 heteroatoms. The van der Waals surface area contributed by atoms with Crippen LogP contribution in [-0.4, -0.2) is 56.3 Å². The Morgan fingerprint density at radius 1 is 1.07 bits per heavy atom. The molecule has 3 amide bonds. The van der Waals surface area contributed by atoms with Crippen LogP contribution in [0.25, 0.3) is 11.2 Å². The van der Waals surface area contributed by atoms with Crippen molar-refractivity contribution in [2.24, 2.45) is 11.1 Å². The second kappa shape index (κ2) is 11.6. The van der Waals surface area contributed by atoms with Crippen LogP contribution in [0.3, 0.4) is 0 Å². The highest BCUT2D eigenvalue weighted by atomic mass is 16.5. The minimum absolute atomic E-state index is 0.0815. The summed E-state index contributed by atoms with van der Waals surface area (Å²) >= 11 is 0. The third-order valence-electron chi connectivity index (χ3n) is 7.09. The molecule has 1 saturated heterocycles. The highest BCUT2D eigenvalue weighted by Gasteiger charge is 2.39. The van der Waals surface area contributed by atoms with Crippen molar-refractivity contribution < 1.29 is 23.9 Å². The number of anilines is 1. The average molecular weight is 556 g/mol. The van der Waals surface area contributed by atoms with Gasteiger partial charge in [-0.25, -0.2) is 15.0 Å². The van der Waals surface area contributed by atoms with E-state index in [0.29, 0.717) is 47.6 Å². The highest BCUT2D eigenvalue weighted by molar-refractivity contribution is 6.09. The van der Waals surface area contributed by atoms with E-state index >= 15 is 0 Å². The number of carbonyl (C=O) groups excluding carboxylic acids is 4. The average Bonchev–Trinajstić information content (AvgIpc) is 3.61. The van der Waals surface area contributed by atoms with Gasteiger partial charge in [0.1, 0.15) is 24.2 Å². The third kappa shape index (κ3) is 6.12. The molecule has 3 heterocycles. The van der Waals surface area contributed by atoms with E-state index in [1.165, 1.54) is 12.4 Å². The van der Waals surface area contributed by atoms with Crippen LogP contribution >= 0.6 is 0 Å². The maximum Gasteiger partial charge on any atom is 0.256 e. The number of hydrogen-bond donors (Lipinski definition) is 4. The largest absolute Gasteiger partial charge is 0.366 e. The lowest BCUT2D eigenvalue weighted by Crippen LogP contribution is -2.38. The Morgan fingerprint density at radius 2 is 1.80 bits per heavy atom. The van der Waals surface area contributed by atoms with Gasteiger partial charge in [-0.15, -0.1) is 0 Å². The lowest BCUT2D eigenvalue weighted by molar-refractivity contribution is -0.119. The first-order chi connectivity index (χ1) is 19.7. The third-order valence-corrected chi connectivity index (χ3v) is 7.09. The Bertz CT molecular complexity index is 1620. The normalized spacial score (nSPS) is 16.2. The lowest BCUT2D eigenvalue weighted by atomic mass is 9.74. The number of Topliss-reactive ketones (excluding diaryl/α,β-unsaturated/α-hetero) is 1. The Morgan fingerprint density at radius 3 is 2.51 bits per heavy atom. The van der Waals surface area contributed by atoms with E-state index in [1.807, 2.05) is 6.07 Å². The lowest BCUT2D eigenvalue weighted by Gasteiger charge is -2.31. The number of ketones is 1. The molecule has 1 fully saturated rings. The molecule has 2 aromatic carbocycles. The van der Waals surface area contributed by atoms with Crippen molar-refractivity contribution in [3.8, 4) is 0 Å². The zero-order valence-corrected chi connectivity index (χ0v) is 22.3. The van der Waals surface area contributed by atoms with Crippen LogP contribution in [0.5, 0.6) is 0 Å². The number of rotatable bonds is 11. The van der Waals surface area contributed by atoms with Crippen molar-refractivity contribution in [1.29, 1.82) is 0 Å². The van der Waals surface area contributed by atoms with Crippen LogP contribution in [0.4, 0.5) is 5.82 Å². The Labute approximate surface area is 235 Å². The van der Waals surface area contributed by atoms with Gasteiger partial charge in [0.05, 0.1) is 6.33 Å². The summed E-state index contributed by atoms with van der Waals surface area (Å²) < 4.78 is 5.54. The predicted octanol–water partition coefficient (Wildman–Crippen LogP) is 2.78. The van der Waals surface area contributed by atoms with Crippen LogP contribution < -0.4 is 16.4 Å². The molecular formula is C29H29N7O5. The van der Waals surface area contributed by atoms with E-state index in [-0.39, 0.29) is 41.8 Å². The van der Waals surface area contributed by atoms with Gasteiger partial charge in [-0.3, -0.25) is 19.2 Å². The molecule has 2 aromatic heterocycles. The number of fused-ring (bicyclic) bond motifs is 1. The van der Waals surface area contributed by atoms with Gasteiger partial charge >= 0.3 is 0 Å². The fourth-order valence-electron chi connectivity index (χ4n) is 4.97. The molecule has 0 saturated carbocycles. The van der Waals surface area contributed by atoms with Gasteiger partial charge in [0.25, 0.3) is 5.91 Å². The molecule has 1 aliphatic heterocycles. The molecule has 2 atom stereocenters. The number of ether oxygens (including phenoxy) is 1. The SMILES string of the molecule is CC(CCCc1nc(NC(=O)c2ccccc2)c2[nH]cnc2n1)(CC1NC(=O)CO1)C(=O)c1ccccc1C(N)=O. The smallest absolute Gasteiger partial charge is 0.256 e. The molecule has 5 N–H and O–H groups in total. The number of nitrogens with two attached hydrogens (primary N) is 1. The van der Waals surface area contributed by atoms with Gasteiger partial charge in [-0.05, 0) is 31.0 Å². The number of hydrogen-bond acceptors (Lipinski definition) is 8. The van der Waals surface area contributed by atoms with Crippen molar-refractivity contribution in [2.45, 2.75) is 38.8 Å². The Kier molecular flexibility index (Phi) is 7.83. The summed E-state index contributed by atoms with van der Waals surface area (Å²) in [6.45, 7) is 1.70. The number of nitrogens with one attached hydrogen (secondary N) is 3. The van der Waals surface area contributed by atoms with E-state index in [9.17, 15) is 19.2 Å². The molecular weight excluding hydrogens is 526 g/mol. The van der Waals surface area contributed by atoms with E-state index in [0.717, 1.165) is 0 Å². The van der Waals surface area contributed by atoms with Gasteiger partial charge in [0.15, 0.2) is 17.2 Å².